The molecular formula is C23H26BrN5O. The number of nitrogens with one attached hydrogen (secondary N) is 2. The number of rotatable bonds is 5. The fourth-order valence-corrected chi connectivity index (χ4v) is 3.50. The average molecular weight is 468 g/mol. The molecule has 0 saturated carbocycles. The van der Waals surface area contributed by atoms with Crippen LogP contribution in [0, 0.1) is 20.8 Å². The highest BCUT2D eigenvalue weighted by atomic mass is 79.9. The highest BCUT2D eigenvalue weighted by Crippen LogP contribution is 2.22. The summed E-state index contributed by atoms with van der Waals surface area (Å²) in [7, 11) is 4.05. The molecule has 0 fully saturated rings. The van der Waals surface area contributed by atoms with Crippen LogP contribution in [-0.4, -0.2) is 30.9 Å². The predicted octanol–water partition coefficient (Wildman–Crippen LogP) is 5.39. The summed E-state index contributed by atoms with van der Waals surface area (Å²) in [6.07, 6.45) is 1.67. The summed E-state index contributed by atoms with van der Waals surface area (Å²) in [6, 6.07) is 15.7. The molecule has 0 aliphatic carbocycles. The molecule has 0 aliphatic rings. The van der Waals surface area contributed by atoms with Gasteiger partial charge in [0.05, 0.1) is 6.21 Å². The van der Waals surface area contributed by atoms with Crippen LogP contribution >= 0.6 is 15.9 Å². The van der Waals surface area contributed by atoms with Gasteiger partial charge in [-0.25, -0.2) is 10.2 Å². The monoisotopic (exact) mass is 467 g/mol. The van der Waals surface area contributed by atoms with Crippen LogP contribution in [0.1, 0.15) is 22.5 Å². The molecule has 0 unspecified atom stereocenters. The molecule has 2 aromatic carbocycles. The van der Waals surface area contributed by atoms with Crippen molar-refractivity contribution in [3.63, 3.8) is 0 Å². The molecule has 7 heteroatoms. The van der Waals surface area contributed by atoms with E-state index >= 15 is 0 Å². The standard InChI is InChI=1S/C23H26BrN5O/c1-15-12-19(6-11-22(15)24)26-23(30)27-25-14-18-13-16(2)29(17(18)3)21-9-7-20(8-10-21)28(4)5/h6-14H,1-5H3,(H2,26,27,30)/b25-14+. The highest BCUT2D eigenvalue weighted by Gasteiger charge is 2.10. The molecule has 6 nitrogen and oxygen atoms in total. The number of urea groups is 1. The lowest BCUT2D eigenvalue weighted by molar-refractivity contribution is 0.252. The molecule has 0 atom stereocenters. The zero-order chi connectivity index (χ0) is 21.8. The zero-order valence-electron chi connectivity index (χ0n) is 17.8. The summed E-state index contributed by atoms with van der Waals surface area (Å²) in [5.74, 6) is 0. The molecule has 3 rings (SSSR count). The summed E-state index contributed by atoms with van der Waals surface area (Å²) >= 11 is 3.45. The van der Waals surface area contributed by atoms with Crippen LogP contribution in [0.25, 0.3) is 5.69 Å². The number of benzene rings is 2. The molecule has 0 saturated heterocycles. The van der Waals surface area contributed by atoms with Gasteiger partial charge in [0.2, 0.25) is 0 Å². The van der Waals surface area contributed by atoms with Gasteiger partial charge in [0.1, 0.15) is 0 Å². The number of hydrogen-bond acceptors (Lipinski definition) is 3. The minimum absolute atomic E-state index is 0.388. The first kappa shape index (κ1) is 21.6. The van der Waals surface area contributed by atoms with Crippen molar-refractivity contribution in [3.8, 4) is 5.69 Å². The third-order valence-corrected chi connectivity index (χ3v) is 5.77. The lowest BCUT2D eigenvalue weighted by Gasteiger charge is -2.14. The van der Waals surface area contributed by atoms with Crippen LogP contribution in [0.5, 0.6) is 0 Å². The molecule has 0 radical (unpaired) electrons. The number of carbonyl (C=O) groups is 1. The first-order valence-corrected chi connectivity index (χ1v) is 10.4. The van der Waals surface area contributed by atoms with Crippen LogP contribution in [0.2, 0.25) is 0 Å². The van der Waals surface area contributed by atoms with Gasteiger partial charge in [-0.05, 0) is 74.9 Å². The van der Waals surface area contributed by atoms with Crippen molar-refractivity contribution in [3.05, 3.63) is 75.5 Å². The molecule has 0 bridgehead atoms. The number of nitrogens with zero attached hydrogens (tertiary/aromatic N) is 3. The van der Waals surface area contributed by atoms with E-state index in [1.807, 2.05) is 46.1 Å². The van der Waals surface area contributed by atoms with Crippen LogP contribution in [-0.2, 0) is 0 Å². The topological polar surface area (TPSA) is 61.7 Å². The average Bonchev–Trinajstić information content (AvgIpc) is 2.98. The number of aromatic nitrogens is 1. The van der Waals surface area contributed by atoms with Crippen molar-refractivity contribution < 1.29 is 4.79 Å². The molecule has 2 amide bonds. The van der Waals surface area contributed by atoms with Crippen molar-refractivity contribution in [2.75, 3.05) is 24.3 Å². The Morgan fingerprint density at radius 1 is 1.07 bits per heavy atom. The van der Waals surface area contributed by atoms with E-state index in [0.717, 1.165) is 38.4 Å². The maximum atomic E-state index is 12.1. The van der Waals surface area contributed by atoms with E-state index in [1.54, 1.807) is 6.21 Å². The Hall–Kier alpha value is -3.06. The summed E-state index contributed by atoms with van der Waals surface area (Å²) in [5, 5.41) is 6.88. The van der Waals surface area contributed by atoms with E-state index < -0.39 is 0 Å². The van der Waals surface area contributed by atoms with E-state index in [4.69, 9.17) is 0 Å². The Balaban J connectivity index is 1.69. The second-order valence-corrected chi connectivity index (χ2v) is 8.22. The smallest absolute Gasteiger partial charge is 0.339 e. The predicted molar refractivity (Wildman–Crippen MR) is 128 cm³/mol. The van der Waals surface area contributed by atoms with Gasteiger partial charge in [0.25, 0.3) is 0 Å². The van der Waals surface area contributed by atoms with Crippen LogP contribution in [0.4, 0.5) is 16.2 Å². The van der Waals surface area contributed by atoms with E-state index in [2.05, 4.69) is 78.5 Å². The van der Waals surface area contributed by atoms with E-state index in [0.29, 0.717) is 5.69 Å². The van der Waals surface area contributed by atoms with E-state index in [-0.39, 0.29) is 6.03 Å². The largest absolute Gasteiger partial charge is 0.378 e. The SMILES string of the molecule is Cc1cc(NC(=O)N/N=C/c2cc(C)n(-c3ccc(N(C)C)cc3)c2C)ccc1Br. The number of hydrogen-bond donors (Lipinski definition) is 2. The van der Waals surface area contributed by atoms with Gasteiger partial charge in [-0.15, -0.1) is 0 Å². The molecule has 2 N–H and O–H groups in total. The van der Waals surface area contributed by atoms with E-state index in [9.17, 15) is 4.79 Å². The van der Waals surface area contributed by atoms with Gasteiger partial charge in [-0.1, -0.05) is 15.9 Å². The third-order valence-electron chi connectivity index (χ3n) is 4.88. The first-order chi connectivity index (χ1) is 14.3. The molecule has 30 heavy (non-hydrogen) atoms. The fourth-order valence-electron chi connectivity index (χ4n) is 3.26. The van der Waals surface area contributed by atoms with Crippen molar-refractivity contribution in [2.24, 2.45) is 5.10 Å². The Morgan fingerprint density at radius 3 is 2.40 bits per heavy atom. The maximum Gasteiger partial charge on any atom is 0.339 e. The minimum Gasteiger partial charge on any atom is -0.378 e. The maximum absolute atomic E-state index is 12.1. The lowest BCUT2D eigenvalue weighted by atomic mass is 10.2. The number of aryl methyl sites for hydroxylation is 2. The highest BCUT2D eigenvalue weighted by molar-refractivity contribution is 9.10. The van der Waals surface area contributed by atoms with Crippen molar-refractivity contribution >= 4 is 39.6 Å². The van der Waals surface area contributed by atoms with Crippen LogP contribution < -0.4 is 15.6 Å². The second-order valence-electron chi connectivity index (χ2n) is 7.36. The van der Waals surface area contributed by atoms with Crippen molar-refractivity contribution in [1.82, 2.24) is 9.99 Å². The Morgan fingerprint density at radius 2 is 1.77 bits per heavy atom. The Kier molecular flexibility index (Phi) is 6.62. The van der Waals surface area contributed by atoms with Gasteiger partial charge in [0.15, 0.2) is 0 Å². The molecule has 156 valence electrons. The summed E-state index contributed by atoms with van der Waals surface area (Å²) in [4.78, 5) is 14.2. The fraction of sp³-hybridized carbons (Fsp3) is 0.217. The molecular weight excluding hydrogens is 442 g/mol. The summed E-state index contributed by atoms with van der Waals surface area (Å²) in [6.45, 7) is 6.06. The summed E-state index contributed by atoms with van der Waals surface area (Å²) < 4.78 is 3.17. The van der Waals surface area contributed by atoms with Gasteiger partial charge in [-0.3, -0.25) is 0 Å². The number of amides is 2. The molecule has 0 aliphatic heterocycles. The van der Waals surface area contributed by atoms with E-state index in [1.165, 1.54) is 0 Å². The normalized spacial score (nSPS) is 11.0. The molecule has 1 aromatic heterocycles. The zero-order valence-corrected chi connectivity index (χ0v) is 19.4. The van der Waals surface area contributed by atoms with Crippen molar-refractivity contribution in [2.45, 2.75) is 20.8 Å². The Labute approximate surface area is 185 Å². The number of halogens is 1. The number of hydrazone groups is 1. The second kappa shape index (κ2) is 9.17. The molecule has 3 aromatic rings. The van der Waals surface area contributed by atoms with Crippen LogP contribution in [0.15, 0.2) is 58.1 Å². The van der Waals surface area contributed by atoms with Gasteiger partial charge in [0, 0.05) is 52.6 Å². The van der Waals surface area contributed by atoms with Gasteiger partial charge < -0.3 is 14.8 Å². The number of anilines is 2. The molecule has 0 spiro atoms. The van der Waals surface area contributed by atoms with Crippen molar-refractivity contribution in [1.29, 1.82) is 0 Å². The number of carbonyl (C=O) groups excluding carboxylic acids is 1. The Bertz CT molecular complexity index is 1080. The first-order valence-electron chi connectivity index (χ1n) is 9.59. The lowest BCUT2D eigenvalue weighted by Crippen LogP contribution is -2.24. The molecule has 1 heterocycles. The third kappa shape index (κ3) is 4.91. The minimum atomic E-state index is -0.388. The van der Waals surface area contributed by atoms with Gasteiger partial charge in [-0.2, -0.15) is 5.10 Å². The van der Waals surface area contributed by atoms with Gasteiger partial charge >= 0.3 is 6.03 Å². The van der Waals surface area contributed by atoms with Crippen LogP contribution in [0.3, 0.4) is 0 Å². The summed E-state index contributed by atoms with van der Waals surface area (Å²) in [5.41, 5.74) is 9.62. The quantitative estimate of drug-likeness (QED) is 0.390.